The van der Waals surface area contributed by atoms with Crippen LogP contribution in [0.2, 0.25) is 0 Å². The lowest BCUT2D eigenvalue weighted by atomic mass is 10.2. The molecule has 2 N–H and O–H groups in total. The molecule has 2 heterocycles. The molecule has 2 aromatic rings. The van der Waals surface area contributed by atoms with Crippen LogP contribution < -0.4 is 15.5 Å². The Morgan fingerprint density at radius 3 is 2.78 bits per heavy atom. The summed E-state index contributed by atoms with van der Waals surface area (Å²) < 4.78 is 0. The maximum atomic E-state index is 4.74. The summed E-state index contributed by atoms with van der Waals surface area (Å²) >= 11 is 1.73. The Morgan fingerprint density at radius 1 is 1.33 bits per heavy atom. The predicted octanol–water partition coefficient (Wildman–Crippen LogP) is 4.22. The fourth-order valence-corrected chi connectivity index (χ4v) is 3.91. The summed E-state index contributed by atoms with van der Waals surface area (Å²) in [7, 11) is 0. The molecule has 1 unspecified atom stereocenters. The zero-order valence-electron chi connectivity index (χ0n) is 16.3. The molecule has 1 saturated heterocycles. The van der Waals surface area contributed by atoms with Crippen molar-refractivity contribution >= 4 is 47.0 Å². The Kier molecular flexibility index (Phi) is 8.82. The van der Waals surface area contributed by atoms with Crippen molar-refractivity contribution in [3.05, 3.63) is 46.4 Å². The molecule has 5 nitrogen and oxygen atoms in total. The summed E-state index contributed by atoms with van der Waals surface area (Å²) in [5.74, 6) is 1.36. The standard InChI is InChI=1S/C20H29N5S.HI/c1-4-21-20(22-12-17-14-26-19(23-17)15(2)3)24-16-10-11-25(13-16)18-8-6-5-7-9-18;/h5-9,14-16H,4,10-13H2,1-3H3,(H2,21,22,24);1H. The third-order valence-corrected chi connectivity index (χ3v) is 5.65. The normalized spacial score (nSPS) is 17.1. The van der Waals surface area contributed by atoms with Crippen LogP contribution in [0.5, 0.6) is 0 Å². The van der Waals surface area contributed by atoms with Crippen molar-refractivity contribution in [3.63, 3.8) is 0 Å². The van der Waals surface area contributed by atoms with Crippen molar-refractivity contribution in [2.75, 3.05) is 24.5 Å². The van der Waals surface area contributed by atoms with Crippen molar-refractivity contribution < 1.29 is 0 Å². The molecule has 1 aliphatic rings. The summed E-state index contributed by atoms with van der Waals surface area (Å²) in [6.07, 6.45) is 1.12. The molecule has 27 heavy (non-hydrogen) atoms. The molecule has 1 atom stereocenters. The van der Waals surface area contributed by atoms with E-state index < -0.39 is 0 Å². The van der Waals surface area contributed by atoms with Crippen LogP contribution in [0.25, 0.3) is 0 Å². The van der Waals surface area contributed by atoms with Gasteiger partial charge in [0, 0.05) is 42.7 Å². The number of benzene rings is 1. The van der Waals surface area contributed by atoms with Gasteiger partial charge in [0.1, 0.15) is 0 Å². The summed E-state index contributed by atoms with van der Waals surface area (Å²) in [4.78, 5) is 11.8. The number of halogens is 1. The van der Waals surface area contributed by atoms with Crippen molar-refractivity contribution in [2.24, 2.45) is 4.99 Å². The Morgan fingerprint density at radius 2 is 2.11 bits per heavy atom. The third kappa shape index (κ3) is 6.34. The van der Waals surface area contributed by atoms with Gasteiger partial charge in [0.2, 0.25) is 0 Å². The van der Waals surface area contributed by atoms with Gasteiger partial charge >= 0.3 is 0 Å². The second kappa shape index (κ2) is 10.8. The fraction of sp³-hybridized carbons (Fsp3) is 0.500. The van der Waals surface area contributed by atoms with Crippen LogP contribution in [-0.2, 0) is 6.54 Å². The number of hydrogen-bond donors (Lipinski definition) is 2. The Hall–Kier alpha value is -1.35. The van der Waals surface area contributed by atoms with Crippen molar-refractivity contribution in [2.45, 2.75) is 45.7 Å². The van der Waals surface area contributed by atoms with E-state index in [0.29, 0.717) is 18.5 Å². The summed E-state index contributed by atoms with van der Waals surface area (Å²) in [6.45, 7) is 10.0. The van der Waals surface area contributed by atoms with Crippen molar-refractivity contribution in [1.29, 1.82) is 0 Å². The van der Waals surface area contributed by atoms with E-state index in [0.717, 1.165) is 37.7 Å². The van der Waals surface area contributed by atoms with Crippen LogP contribution in [0.3, 0.4) is 0 Å². The highest BCUT2D eigenvalue weighted by Crippen LogP contribution is 2.20. The minimum absolute atomic E-state index is 0. The molecule has 0 radical (unpaired) electrons. The molecule has 3 rings (SSSR count). The highest BCUT2D eigenvalue weighted by Gasteiger charge is 2.23. The van der Waals surface area contributed by atoms with Crippen LogP contribution in [-0.4, -0.2) is 36.6 Å². The third-order valence-electron chi connectivity index (χ3n) is 4.46. The van der Waals surface area contributed by atoms with Crippen LogP contribution in [0, 0.1) is 0 Å². The first-order chi connectivity index (χ1) is 12.7. The number of nitrogens with one attached hydrogen (secondary N) is 2. The number of aliphatic imine (C=N–C) groups is 1. The molecule has 0 bridgehead atoms. The molecular weight excluding hydrogens is 469 g/mol. The number of rotatable bonds is 6. The lowest BCUT2D eigenvalue weighted by Crippen LogP contribution is -2.44. The number of para-hydroxylation sites is 1. The number of thiazole rings is 1. The average Bonchev–Trinajstić information content (AvgIpc) is 3.30. The van der Waals surface area contributed by atoms with Crippen molar-refractivity contribution in [3.8, 4) is 0 Å². The first kappa shape index (κ1) is 21.9. The lowest BCUT2D eigenvalue weighted by molar-refractivity contribution is 0.648. The van der Waals surface area contributed by atoms with Crippen molar-refractivity contribution in [1.82, 2.24) is 15.6 Å². The molecule has 148 valence electrons. The largest absolute Gasteiger partial charge is 0.369 e. The number of hydrogen-bond acceptors (Lipinski definition) is 4. The smallest absolute Gasteiger partial charge is 0.191 e. The minimum atomic E-state index is 0. The van der Waals surface area contributed by atoms with E-state index in [1.54, 1.807) is 11.3 Å². The minimum Gasteiger partial charge on any atom is -0.369 e. The molecule has 1 aromatic heterocycles. The monoisotopic (exact) mass is 499 g/mol. The molecule has 1 aliphatic heterocycles. The van der Waals surface area contributed by atoms with Gasteiger partial charge in [0.05, 0.1) is 17.2 Å². The van der Waals surface area contributed by atoms with Crippen LogP contribution in [0.1, 0.15) is 43.8 Å². The molecule has 1 fully saturated rings. The molecule has 1 aromatic carbocycles. The SMILES string of the molecule is CCNC(=NCc1csc(C(C)C)n1)NC1CCN(c2ccccc2)C1.I. The van der Waals surface area contributed by atoms with E-state index in [-0.39, 0.29) is 24.0 Å². The Balaban J connectivity index is 0.00000261. The van der Waals surface area contributed by atoms with Gasteiger partial charge in [-0.2, -0.15) is 0 Å². The number of aromatic nitrogens is 1. The first-order valence-corrected chi connectivity index (χ1v) is 10.3. The molecule has 0 amide bonds. The molecule has 0 aliphatic carbocycles. The zero-order chi connectivity index (χ0) is 18.4. The molecule has 0 spiro atoms. The molecular formula is C20H30IN5S. The summed E-state index contributed by atoms with van der Waals surface area (Å²) in [5, 5.41) is 10.3. The first-order valence-electron chi connectivity index (χ1n) is 9.45. The summed E-state index contributed by atoms with van der Waals surface area (Å²) in [6, 6.07) is 11.0. The van der Waals surface area contributed by atoms with Gasteiger partial charge in [-0.3, -0.25) is 0 Å². The topological polar surface area (TPSA) is 52.6 Å². The predicted molar refractivity (Wildman–Crippen MR) is 127 cm³/mol. The quantitative estimate of drug-likeness (QED) is 0.355. The Bertz CT molecular complexity index is 716. The molecule has 0 saturated carbocycles. The highest BCUT2D eigenvalue weighted by molar-refractivity contribution is 14.0. The lowest BCUT2D eigenvalue weighted by Gasteiger charge is -2.20. The van der Waals surface area contributed by atoms with E-state index in [9.17, 15) is 0 Å². The Labute approximate surface area is 183 Å². The van der Waals surface area contributed by atoms with E-state index in [2.05, 4.69) is 77.0 Å². The summed E-state index contributed by atoms with van der Waals surface area (Å²) in [5.41, 5.74) is 2.34. The van der Waals surface area contributed by atoms with Gasteiger partial charge in [-0.1, -0.05) is 32.0 Å². The molecule has 7 heteroatoms. The second-order valence-electron chi connectivity index (χ2n) is 6.94. The van der Waals surface area contributed by atoms with Crippen LogP contribution >= 0.6 is 35.3 Å². The second-order valence-corrected chi connectivity index (χ2v) is 7.83. The highest BCUT2D eigenvalue weighted by atomic mass is 127. The zero-order valence-corrected chi connectivity index (χ0v) is 19.5. The van der Waals surface area contributed by atoms with Gasteiger partial charge in [0.25, 0.3) is 0 Å². The van der Waals surface area contributed by atoms with Gasteiger partial charge < -0.3 is 15.5 Å². The average molecular weight is 499 g/mol. The van der Waals surface area contributed by atoms with E-state index in [1.165, 1.54) is 10.7 Å². The number of anilines is 1. The van der Waals surface area contributed by atoms with Crippen LogP contribution in [0.4, 0.5) is 5.69 Å². The maximum Gasteiger partial charge on any atom is 0.191 e. The number of guanidine groups is 1. The maximum absolute atomic E-state index is 4.74. The van der Waals surface area contributed by atoms with Gasteiger partial charge in [0.15, 0.2) is 5.96 Å². The fourth-order valence-electron chi connectivity index (χ4n) is 3.09. The van der Waals surface area contributed by atoms with Gasteiger partial charge in [-0.25, -0.2) is 9.98 Å². The van der Waals surface area contributed by atoms with E-state index in [4.69, 9.17) is 4.99 Å². The van der Waals surface area contributed by atoms with Gasteiger partial charge in [-0.05, 0) is 25.5 Å². The number of nitrogens with zero attached hydrogens (tertiary/aromatic N) is 3. The van der Waals surface area contributed by atoms with E-state index in [1.807, 2.05) is 0 Å². The van der Waals surface area contributed by atoms with Crippen LogP contribution in [0.15, 0.2) is 40.7 Å². The van der Waals surface area contributed by atoms with E-state index >= 15 is 0 Å². The van der Waals surface area contributed by atoms with Gasteiger partial charge in [-0.15, -0.1) is 35.3 Å².